The lowest BCUT2D eigenvalue weighted by Crippen LogP contribution is -2.39. The fourth-order valence-electron chi connectivity index (χ4n) is 3.94. The molecular weight excluding hydrogens is 352 g/mol. The molecule has 0 N–H and O–H groups in total. The van der Waals surface area contributed by atoms with Gasteiger partial charge in [0.05, 0.1) is 11.4 Å². The molecule has 0 bridgehead atoms. The van der Waals surface area contributed by atoms with E-state index in [-0.39, 0.29) is 11.8 Å². The summed E-state index contributed by atoms with van der Waals surface area (Å²) in [5.74, 6) is -0.630. The lowest BCUT2D eigenvalue weighted by Gasteiger charge is -2.21. The fourth-order valence-corrected chi connectivity index (χ4v) is 4.13. The van der Waals surface area contributed by atoms with Crippen molar-refractivity contribution in [3.8, 4) is 0 Å². The van der Waals surface area contributed by atoms with E-state index >= 15 is 0 Å². The molecule has 6 nitrogen and oxygen atoms in total. The Balaban J connectivity index is 1.51. The van der Waals surface area contributed by atoms with Crippen LogP contribution in [0.2, 0.25) is 5.02 Å². The smallest absolute Gasteiger partial charge is 0.263 e. The van der Waals surface area contributed by atoms with Crippen molar-refractivity contribution in [2.45, 2.75) is 31.3 Å². The minimum Gasteiger partial charge on any atom is -0.271 e. The fraction of sp³-hybridized carbons (Fsp3) is 0.263. The summed E-state index contributed by atoms with van der Waals surface area (Å²) < 4.78 is 0. The van der Waals surface area contributed by atoms with Crippen LogP contribution in [0.5, 0.6) is 0 Å². The van der Waals surface area contributed by atoms with Crippen LogP contribution >= 0.6 is 11.6 Å². The van der Waals surface area contributed by atoms with Crippen LogP contribution in [0.15, 0.2) is 52.8 Å². The van der Waals surface area contributed by atoms with Crippen LogP contribution in [-0.4, -0.2) is 23.9 Å². The molecule has 1 aliphatic carbocycles. The number of fused-ring (bicyclic) bond motifs is 2. The number of amides is 2. The number of hydrogen-bond donors (Lipinski definition) is 0. The standard InChI is InChI=1S/C19H15ClN4O2/c20-13-5-2-6-15(10-13)24-17-16(21-22-24)18(25)23(19(17)26)14-8-7-11-3-1-4-12(11)9-14/h2,5-10,16-17H,1,3-4H2/t16-,17-/m0/s1. The van der Waals surface area contributed by atoms with Gasteiger partial charge in [-0.05, 0) is 60.7 Å². The summed E-state index contributed by atoms with van der Waals surface area (Å²) in [4.78, 5) is 27.2. The number of benzene rings is 2. The number of carbonyl (C=O) groups is 2. The Hall–Kier alpha value is -2.73. The minimum atomic E-state index is -0.810. The zero-order valence-electron chi connectivity index (χ0n) is 13.8. The van der Waals surface area contributed by atoms with Gasteiger partial charge in [-0.3, -0.25) is 9.59 Å². The maximum absolute atomic E-state index is 13.1. The quantitative estimate of drug-likeness (QED) is 0.766. The van der Waals surface area contributed by atoms with E-state index in [9.17, 15) is 9.59 Å². The third kappa shape index (κ3) is 2.18. The third-order valence-corrected chi connectivity index (χ3v) is 5.43. The summed E-state index contributed by atoms with van der Waals surface area (Å²) in [7, 11) is 0. The molecule has 2 aliphatic heterocycles. The second-order valence-electron chi connectivity index (χ2n) is 6.74. The van der Waals surface area contributed by atoms with Gasteiger partial charge in [-0.1, -0.05) is 29.0 Å². The Kier molecular flexibility index (Phi) is 3.37. The Morgan fingerprint density at radius 3 is 2.65 bits per heavy atom. The highest BCUT2D eigenvalue weighted by Gasteiger charge is 2.55. The van der Waals surface area contributed by atoms with Crippen molar-refractivity contribution < 1.29 is 9.59 Å². The van der Waals surface area contributed by atoms with Gasteiger partial charge in [-0.15, -0.1) is 0 Å². The molecule has 2 atom stereocenters. The maximum atomic E-state index is 13.1. The molecule has 0 radical (unpaired) electrons. The largest absolute Gasteiger partial charge is 0.271 e. The average molecular weight is 367 g/mol. The molecule has 0 spiro atoms. The molecule has 26 heavy (non-hydrogen) atoms. The number of hydrogen-bond acceptors (Lipinski definition) is 5. The lowest BCUT2D eigenvalue weighted by atomic mass is 10.1. The van der Waals surface area contributed by atoms with Gasteiger partial charge < -0.3 is 0 Å². The van der Waals surface area contributed by atoms with Crippen molar-refractivity contribution in [2.24, 2.45) is 10.3 Å². The highest BCUT2D eigenvalue weighted by molar-refractivity contribution is 6.31. The Morgan fingerprint density at radius 1 is 0.962 bits per heavy atom. The van der Waals surface area contributed by atoms with Gasteiger partial charge in [-0.2, -0.15) is 5.11 Å². The number of aryl methyl sites for hydroxylation is 2. The molecule has 130 valence electrons. The molecule has 3 aliphatic rings. The first-order valence-corrected chi connectivity index (χ1v) is 8.96. The number of anilines is 2. The van der Waals surface area contributed by atoms with Crippen molar-refractivity contribution in [1.29, 1.82) is 0 Å². The first-order chi connectivity index (χ1) is 12.6. The first kappa shape index (κ1) is 15.5. The van der Waals surface area contributed by atoms with Gasteiger partial charge in [0.1, 0.15) is 0 Å². The lowest BCUT2D eigenvalue weighted by molar-refractivity contribution is -0.121. The van der Waals surface area contributed by atoms with Crippen LogP contribution in [0.25, 0.3) is 0 Å². The van der Waals surface area contributed by atoms with Crippen LogP contribution in [0.3, 0.4) is 0 Å². The Bertz CT molecular complexity index is 974. The monoisotopic (exact) mass is 366 g/mol. The SMILES string of the molecule is O=C1[C@H]2N=NN(c3cccc(Cl)c3)[C@@H]2C(=O)N1c1ccc2c(c1)CCC2. The molecule has 2 aromatic rings. The number of imide groups is 1. The van der Waals surface area contributed by atoms with E-state index in [1.165, 1.54) is 21.0 Å². The van der Waals surface area contributed by atoms with Gasteiger partial charge in [0.25, 0.3) is 11.8 Å². The molecular formula is C19H15ClN4O2. The van der Waals surface area contributed by atoms with E-state index in [1.807, 2.05) is 18.2 Å². The second kappa shape index (κ2) is 5.64. The molecule has 5 rings (SSSR count). The van der Waals surface area contributed by atoms with Crippen LogP contribution in [0, 0.1) is 0 Å². The van der Waals surface area contributed by atoms with E-state index in [0.717, 1.165) is 19.3 Å². The molecule has 7 heteroatoms. The number of halogens is 1. The van der Waals surface area contributed by atoms with E-state index < -0.39 is 12.1 Å². The zero-order valence-corrected chi connectivity index (χ0v) is 14.6. The number of nitrogens with zero attached hydrogens (tertiary/aromatic N) is 4. The molecule has 2 amide bonds. The normalized spacial score (nSPS) is 23.7. The molecule has 2 heterocycles. The van der Waals surface area contributed by atoms with Gasteiger partial charge in [-0.25, -0.2) is 9.91 Å². The molecule has 2 aromatic carbocycles. The topological polar surface area (TPSA) is 65.3 Å². The molecule has 1 saturated heterocycles. The Morgan fingerprint density at radius 2 is 1.81 bits per heavy atom. The van der Waals surface area contributed by atoms with Gasteiger partial charge in [0.15, 0.2) is 12.1 Å². The average Bonchev–Trinajstić information content (AvgIpc) is 3.32. The van der Waals surface area contributed by atoms with Crippen molar-refractivity contribution in [3.63, 3.8) is 0 Å². The van der Waals surface area contributed by atoms with Gasteiger partial charge in [0, 0.05) is 5.02 Å². The summed E-state index contributed by atoms with van der Waals surface area (Å²) in [6.45, 7) is 0. The van der Waals surface area contributed by atoms with Crippen LogP contribution in [0.1, 0.15) is 17.5 Å². The predicted octanol–water partition coefficient (Wildman–Crippen LogP) is 3.33. The molecule has 0 saturated carbocycles. The summed E-state index contributed by atoms with van der Waals surface area (Å²) in [5.41, 5.74) is 3.78. The summed E-state index contributed by atoms with van der Waals surface area (Å²) in [6.07, 6.45) is 3.16. The predicted molar refractivity (Wildman–Crippen MR) is 97.3 cm³/mol. The van der Waals surface area contributed by atoms with E-state index in [4.69, 9.17) is 11.6 Å². The van der Waals surface area contributed by atoms with Gasteiger partial charge in [0.2, 0.25) is 0 Å². The van der Waals surface area contributed by atoms with Crippen molar-refractivity contribution in [2.75, 3.05) is 9.91 Å². The van der Waals surface area contributed by atoms with E-state index in [0.29, 0.717) is 16.4 Å². The highest BCUT2D eigenvalue weighted by atomic mass is 35.5. The zero-order chi connectivity index (χ0) is 17.8. The summed E-state index contributed by atoms with van der Waals surface area (Å²) in [5, 5.41) is 10.1. The van der Waals surface area contributed by atoms with E-state index in [2.05, 4.69) is 10.3 Å². The van der Waals surface area contributed by atoms with Crippen molar-refractivity contribution in [1.82, 2.24) is 0 Å². The highest BCUT2D eigenvalue weighted by Crippen LogP contribution is 2.36. The third-order valence-electron chi connectivity index (χ3n) is 5.19. The molecule has 0 unspecified atom stereocenters. The van der Waals surface area contributed by atoms with Crippen LogP contribution in [-0.2, 0) is 22.4 Å². The van der Waals surface area contributed by atoms with Crippen molar-refractivity contribution >= 4 is 34.8 Å². The van der Waals surface area contributed by atoms with Crippen LogP contribution in [0.4, 0.5) is 11.4 Å². The number of carbonyl (C=O) groups excluding carboxylic acids is 2. The minimum absolute atomic E-state index is 0.303. The molecule has 1 fully saturated rings. The first-order valence-electron chi connectivity index (χ1n) is 8.59. The Labute approximate surface area is 155 Å². The second-order valence-corrected chi connectivity index (χ2v) is 7.17. The van der Waals surface area contributed by atoms with Crippen molar-refractivity contribution in [3.05, 3.63) is 58.6 Å². The molecule has 0 aromatic heterocycles. The summed E-state index contributed by atoms with van der Waals surface area (Å²) >= 11 is 6.05. The summed E-state index contributed by atoms with van der Waals surface area (Å²) in [6, 6.07) is 11.3. The van der Waals surface area contributed by atoms with Gasteiger partial charge >= 0.3 is 0 Å². The number of rotatable bonds is 2. The maximum Gasteiger partial charge on any atom is 0.263 e. The van der Waals surface area contributed by atoms with E-state index in [1.54, 1.807) is 24.3 Å². The van der Waals surface area contributed by atoms with Crippen LogP contribution < -0.4 is 9.91 Å².